The van der Waals surface area contributed by atoms with E-state index in [2.05, 4.69) is 5.32 Å². The van der Waals surface area contributed by atoms with Crippen molar-refractivity contribution in [3.8, 4) is 0 Å². The summed E-state index contributed by atoms with van der Waals surface area (Å²) in [6, 6.07) is 6.69. The highest BCUT2D eigenvalue weighted by Gasteiger charge is 2.48. The minimum Gasteiger partial charge on any atom is -0.399 e. The van der Waals surface area contributed by atoms with Crippen LogP contribution in [0.25, 0.3) is 0 Å². The minimum absolute atomic E-state index is 0.370. The van der Waals surface area contributed by atoms with E-state index >= 15 is 0 Å². The van der Waals surface area contributed by atoms with Crippen LogP contribution in [0.3, 0.4) is 0 Å². The van der Waals surface area contributed by atoms with Gasteiger partial charge in [0.05, 0.1) is 9.64 Å². The van der Waals surface area contributed by atoms with Crippen molar-refractivity contribution >= 4 is 15.5 Å². The molecule has 1 aromatic carbocycles. The molecule has 104 valence electrons. The zero-order valence-electron chi connectivity index (χ0n) is 10.9. The Hall–Kier alpha value is -1.07. The van der Waals surface area contributed by atoms with Gasteiger partial charge in [-0.1, -0.05) is 6.07 Å². The summed E-state index contributed by atoms with van der Waals surface area (Å²) in [7, 11) is -3.32. The standard InChI is InChI=1S/C14H20N2O2S/c15-12-2-1-3-13(8-12)19(17,18)14-6-4-11(5-7-14)9-16-10-14/h1-3,8,11,16H,4-7,9-10,15H2. The topological polar surface area (TPSA) is 72.2 Å². The third-order valence-electron chi connectivity index (χ3n) is 4.64. The predicted octanol–water partition coefficient (Wildman–Crippen LogP) is 1.57. The van der Waals surface area contributed by atoms with Crippen molar-refractivity contribution in [1.82, 2.24) is 5.32 Å². The Morgan fingerprint density at radius 3 is 2.68 bits per heavy atom. The van der Waals surface area contributed by atoms with Crippen LogP contribution in [-0.2, 0) is 9.84 Å². The average molecular weight is 280 g/mol. The Balaban J connectivity index is 2.04. The van der Waals surface area contributed by atoms with Crippen LogP contribution in [0.1, 0.15) is 25.7 Å². The lowest BCUT2D eigenvalue weighted by molar-refractivity contribution is 0.337. The molecule has 1 aliphatic carbocycles. The van der Waals surface area contributed by atoms with Crippen LogP contribution < -0.4 is 11.1 Å². The number of benzene rings is 1. The minimum atomic E-state index is -3.32. The van der Waals surface area contributed by atoms with Gasteiger partial charge in [-0.25, -0.2) is 8.42 Å². The monoisotopic (exact) mass is 280 g/mol. The first-order valence-corrected chi connectivity index (χ1v) is 8.33. The van der Waals surface area contributed by atoms with E-state index in [1.165, 1.54) is 0 Å². The zero-order valence-corrected chi connectivity index (χ0v) is 11.7. The molecule has 1 saturated carbocycles. The van der Waals surface area contributed by atoms with Crippen LogP contribution in [0.15, 0.2) is 29.2 Å². The number of anilines is 1. The van der Waals surface area contributed by atoms with Crippen LogP contribution in [-0.4, -0.2) is 26.3 Å². The molecule has 2 aliphatic heterocycles. The van der Waals surface area contributed by atoms with Gasteiger partial charge in [0.1, 0.15) is 0 Å². The molecular formula is C14H20N2O2S. The van der Waals surface area contributed by atoms with Gasteiger partial charge in [0.25, 0.3) is 0 Å². The fourth-order valence-electron chi connectivity index (χ4n) is 3.38. The molecule has 2 saturated heterocycles. The van der Waals surface area contributed by atoms with E-state index in [4.69, 9.17) is 5.73 Å². The van der Waals surface area contributed by atoms with E-state index in [0.717, 1.165) is 32.2 Å². The third-order valence-corrected chi connectivity index (χ3v) is 7.20. The maximum absolute atomic E-state index is 13.0. The Morgan fingerprint density at radius 2 is 2.00 bits per heavy atom. The molecule has 0 unspecified atom stereocenters. The van der Waals surface area contributed by atoms with Gasteiger partial charge in [-0.3, -0.25) is 0 Å². The Morgan fingerprint density at radius 1 is 1.26 bits per heavy atom. The molecule has 2 bridgehead atoms. The molecule has 3 aliphatic rings. The van der Waals surface area contributed by atoms with Gasteiger partial charge in [0.15, 0.2) is 9.84 Å². The van der Waals surface area contributed by atoms with E-state index in [1.54, 1.807) is 24.3 Å². The molecule has 0 amide bonds. The maximum Gasteiger partial charge on any atom is 0.185 e. The van der Waals surface area contributed by atoms with Gasteiger partial charge in [-0.05, 0) is 56.3 Å². The van der Waals surface area contributed by atoms with E-state index in [0.29, 0.717) is 23.0 Å². The summed E-state index contributed by atoms with van der Waals surface area (Å²) in [5.74, 6) is 0.645. The van der Waals surface area contributed by atoms with Crippen molar-refractivity contribution in [3.05, 3.63) is 24.3 Å². The first-order valence-electron chi connectivity index (χ1n) is 6.84. The van der Waals surface area contributed by atoms with Crippen molar-refractivity contribution in [3.63, 3.8) is 0 Å². The lowest BCUT2D eigenvalue weighted by atomic mass is 9.83. The summed E-state index contributed by atoms with van der Waals surface area (Å²) in [5.41, 5.74) is 6.24. The lowest BCUT2D eigenvalue weighted by Crippen LogP contribution is -2.46. The number of hydrogen-bond donors (Lipinski definition) is 2. The van der Waals surface area contributed by atoms with Crippen LogP contribution in [0.4, 0.5) is 5.69 Å². The SMILES string of the molecule is Nc1cccc(S(=O)(=O)C23CCC(CC2)CNC3)c1. The van der Waals surface area contributed by atoms with Crippen molar-refractivity contribution in [2.45, 2.75) is 35.3 Å². The summed E-state index contributed by atoms with van der Waals surface area (Å²) in [6.45, 7) is 1.52. The molecule has 4 nitrogen and oxygen atoms in total. The molecule has 1 aromatic rings. The number of sulfone groups is 1. The van der Waals surface area contributed by atoms with E-state index in [9.17, 15) is 8.42 Å². The van der Waals surface area contributed by atoms with Crippen molar-refractivity contribution in [2.75, 3.05) is 18.8 Å². The first-order chi connectivity index (χ1) is 9.03. The fourth-order valence-corrected chi connectivity index (χ4v) is 5.50. The zero-order chi connectivity index (χ0) is 13.5. The van der Waals surface area contributed by atoms with Crippen LogP contribution in [0.2, 0.25) is 0 Å². The predicted molar refractivity (Wildman–Crippen MR) is 75.6 cm³/mol. The van der Waals surface area contributed by atoms with Crippen LogP contribution in [0, 0.1) is 5.92 Å². The smallest absolute Gasteiger partial charge is 0.185 e. The molecule has 5 heteroatoms. The van der Waals surface area contributed by atoms with Crippen molar-refractivity contribution < 1.29 is 8.42 Å². The van der Waals surface area contributed by atoms with Gasteiger partial charge >= 0.3 is 0 Å². The lowest BCUT2D eigenvalue weighted by Gasteiger charge is -2.35. The molecule has 0 atom stereocenters. The molecule has 0 radical (unpaired) electrons. The number of rotatable bonds is 2. The quantitative estimate of drug-likeness (QED) is 0.807. The number of nitrogen functional groups attached to an aromatic ring is 1. The van der Waals surface area contributed by atoms with Crippen LogP contribution >= 0.6 is 0 Å². The molecule has 0 spiro atoms. The molecule has 2 heterocycles. The number of nitrogens with one attached hydrogen (secondary N) is 1. The van der Waals surface area contributed by atoms with Gasteiger partial charge in [-0.15, -0.1) is 0 Å². The normalized spacial score (nSPS) is 31.1. The van der Waals surface area contributed by atoms with E-state index in [1.807, 2.05) is 0 Å². The van der Waals surface area contributed by atoms with Gasteiger partial charge < -0.3 is 11.1 Å². The van der Waals surface area contributed by atoms with Crippen molar-refractivity contribution in [1.29, 1.82) is 0 Å². The summed E-state index contributed by atoms with van der Waals surface area (Å²) in [4.78, 5) is 0.370. The van der Waals surface area contributed by atoms with Gasteiger partial charge in [0, 0.05) is 12.2 Å². The highest BCUT2D eigenvalue weighted by atomic mass is 32.2. The van der Waals surface area contributed by atoms with Crippen molar-refractivity contribution in [2.24, 2.45) is 5.92 Å². The second-order valence-electron chi connectivity index (χ2n) is 5.83. The highest BCUT2D eigenvalue weighted by Crippen LogP contribution is 2.42. The number of hydrogen-bond acceptors (Lipinski definition) is 4. The summed E-state index contributed by atoms with van der Waals surface area (Å²) in [6.07, 6.45) is 3.55. The summed E-state index contributed by atoms with van der Waals surface area (Å²) < 4.78 is 25.3. The van der Waals surface area contributed by atoms with Gasteiger partial charge in [0.2, 0.25) is 0 Å². The fraction of sp³-hybridized carbons (Fsp3) is 0.571. The average Bonchev–Trinajstić information content (AvgIpc) is 2.73. The first kappa shape index (κ1) is 12.9. The number of fused-ring (bicyclic) bond motifs is 4. The Kier molecular flexibility index (Phi) is 3.06. The summed E-state index contributed by atoms with van der Waals surface area (Å²) in [5, 5.41) is 3.33. The highest BCUT2D eigenvalue weighted by molar-refractivity contribution is 7.92. The van der Waals surface area contributed by atoms with Gasteiger partial charge in [-0.2, -0.15) is 0 Å². The molecule has 4 rings (SSSR count). The van der Waals surface area contributed by atoms with E-state index in [-0.39, 0.29) is 0 Å². The molecule has 0 aromatic heterocycles. The van der Waals surface area contributed by atoms with E-state index < -0.39 is 14.6 Å². The van der Waals surface area contributed by atoms with Crippen LogP contribution in [0.5, 0.6) is 0 Å². The Bertz CT molecular complexity index is 569. The molecule has 3 fully saturated rings. The largest absolute Gasteiger partial charge is 0.399 e. The molecule has 19 heavy (non-hydrogen) atoms. The molecular weight excluding hydrogens is 260 g/mol. The summed E-state index contributed by atoms with van der Waals surface area (Å²) >= 11 is 0. The Labute approximate surface area is 114 Å². The maximum atomic E-state index is 13.0. The third kappa shape index (κ3) is 2.05. The second kappa shape index (κ2) is 4.49. The molecule has 3 N–H and O–H groups in total. The second-order valence-corrected chi connectivity index (χ2v) is 8.18. The number of nitrogens with two attached hydrogens (primary N) is 1.